The first-order chi connectivity index (χ1) is 14.1. The van der Waals surface area contributed by atoms with E-state index in [0.29, 0.717) is 10.9 Å². The average Bonchev–Trinajstić information content (AvgIpc) is 2.75. The van der Waals surface area contributed by atoms with Gasteiger partial charge in [-0.1, -0.05) is 12.1 Å². The van der Waals surface area contributed by atoms with Crippen molar-refractivity contribution < 1.29 is 4.79 Å². The van der Waals surface area contributed by atoms with Crippen molar-refractivity contribution in [2.45, 2.75) is 32.2 Å². The molecule has 0 radical (unpaired) electrons. The summed E-state index contributed by atoms with van der Waals surface area (Å²) in [6.07, 6.45) is 3.86. The predicted octanol–water partition coefficient (Wildman–Crippen LogP) is 2.71. The van der Waals surface area contributed by atoms with Crippen LogP contribution in [0.4, 0.5) is 11.4 Å². The van der Waals surface area contributed by atoms with Gasteiger partial charge in [-0.05, 0) is 55.7 Å². The van der Waals surface area contributed by atoms with Crippen LogP contribution in [-0.2, 0) is 11.3 Å². The summed E-state index contributed by atoms with van der Waals surface area (Å²) in [7, 11) is 0. The van der Waals surface area contributed by atoms with E-state index in [1.165, 1.54) is 29.5 Å². The number of aromatic amines is 1. The zero-order valence-electron chi connectivity index (χ0n) is 16.2. The molecule has 7 nitrogen and oxygen atoms in total. The van der Waals surface area contributed by atoms with E-state index in [9.17, 15) is 14.4 Å². The number of aryl methyl sites for hydroxylation is 1. The number of benzene rings is 2. The predicted molar refractivity (Wildman–Crippen MR) is 115 cm³/mol. The highest BCUT2D eigenvalue weighted by atomic mass is 16.2. The molecule has 0 spiro atoms. The molecule has 0 saturated carbocycles. The van der Waals surface area contributed by atoms with Gasteiger partial charge in [0.25, 0.3) is 5.56 Å². The number of fused-ring (bicyclic) bond motifs is 1. The van der Waals surface area contributed by atoms with E-state index in [0.717, 1.165) is 18.8 Å². The molecule has 1 amide bonds. The largest absolute Gasteiger partial charge is 0.372 e. The molecule has 0 bridgehead atoms. The summed E-state index contributed by atoms with van der Waals surface area (Å²) in [4.78, 5) is 41.2. The lowest BCUT2D eigenvalue weighted by Gasteiger charge is -2.28. The number of hydrogen-bond acceptors (Lipinski definition) is 4. The van der Waals surface area contributed by atoms with Crippen LogP contribution in [0.3, 0.4) is 0 Å². The summed E-state index contributed by atoms with van der Waals surface area (Å²) in [5.74, 6) is -0.182. The van der Waals surface area contributed by atoms with E-state index in [1.54, 1.807) is 24.3 Å². The van der Waals surface area contributed by atoms with Gasteiger partial charge < -0.3 is 10.2 Å². The van der Waals surface area contributed by atoms with Crippen molar-refractivity contribution in [3.63, 3.8) is 0 Å². The van der Waals surface area contributed by atoms with Crippen molar-refractivity contribution in [3.8, 4) is 0 Å². The monoisotopic (exact) mass is 392 g/mol. The van der Waals surface area contributed by atoms with E-state index < -0.39 is 11.2 Å². The molecule has 2 N–H and O–H groups in total. The molecule has 1 saturated heterocycles. The van der Waals surface area contributed by atoms with Crippen molar-refractivity contribution in [1.82, 2.24) is 9.55 Å². The lowest BCUT2D eigenvalue weighted by Crippen LogP contribution is -2.31. The molecule has 3 aromatic rings. The maximum Gasteiger partial charge on any atom is 0.328 e. The number of nitrogens with zero attached hydrogens (tertiary/aromatic N) is 2. The van der Waals surface area contributed by atoms with Gasteiger partial charge >= 0.3 is 5.69 Å². The molecule has 0 unspecified atom stereocenters. The van der Waals surface area contributed by atoms with Gasteiger partial charge in [-0.3, -0.25) is 19.1 Å². The second kappa shape index (κ2) is 8.34. The number of H-pyrrole nitrogens is 1. The molecule has 1 aromatic heterocycles. The molecule has 4 rings (SSSR count). The minimum absolute atomic E-state index is 0.129. The van der Waals surface area contributed by atoms with Crippen LogP contribution in [-0.4, -0.2) is 28.5 Å². The van der Waals surface area contributed by atoms with Crippen molar-refractivity contribution >= 4 is 28.2 Å². The van der Waals surface area contributed by atoms with Crippen LogP contribution in [0.5, 0.6) is 0 Å². The van der Waals surface area contributed by atoms with Crippen LogP contribution < -0.4 is 21.5 Å². The van der Waals surface area contributed by atoms with Crippen LogP contribution in [0, 0.1) is 0 Å². The minimum atomic E-state index is -0.507. The smallest absolute Gasteiger partial charge is 0.328 e. The molecule has 1 aliphatic rings. The molecule has 7 heteroatoms. The van der Waals surface area contributed by atoms with Crippen LogP contribution >= 0.6 is 0 Å². The topological polar surface area (TPSA) is 87.2 Å². The number of carbonyl (C=O) groups excluding carboxylic acids is 1. The second-order valence-electron chi connectivity index (χ2n) is 7.32. The fourth-order valence-electron chi connectivity index (χ4n) is 3.81. The van der Waals surface area contributed by atoms with E-state index in [1.807, 2.05) is 24.3 Å². The first-order valence-electron chi connectivity index (χ1n) is 9.98. The molecular weight excluding hydrogens is 368 g/mol. The molecular formula is C22H24N4O3. The highest BCUT2D eigenvalue weighted by Crippen LogP contribution is 2.21. The van der Waals surface area contributed by atoms with E-state index >= 15 is 0 Å². The van der Waals surface area contributed by atoms with Crippen molar-refractivity contribution in [2.24, 2.45) is 0 Å². The molecule has 2 aromatic carbocycles. The molecule has 1 aliphatic heterocycles. The molecule has 1 fully saturated rings. The summed E-state index contributed by atoms with van der Waals surface area (Å²) < 4.78 is 1.43. The number of anilines is 2. The Bertz CT molecular complexity index is 1130. The maximum absolute atomic E-state index is 12.4. The molecule has 0 aliphatic carbocycles. The Morgan fingerprint density at radius 2 is 1.69 bits per heavy atom. The van der Waals surface area contributed by atoms with Gasteiger partial charge in [0.1, 0.15) is 0 Å². The van der Waals surface area contributed by atoms with Crippen molar-refractivity contribution in [3.05, 3.63) is 69.4 Å². The fraction of sp³-hybridized carbons (Fsp3) is 0.318. The number of rotatable bonds is 5. The lowest BCUT2D eigenvalue weighted by molar-refractivity contribution is -0.116. The third kappa shape index (κ3) is 4.23. The Morgan fingerprint density at radius 3 is 2.45 bits per heavy atom. The maximum atomic E-state index is 12.4. The summed E-state index contributed by atoms with van der Waals surface area (Å²) in [6, 6.07) is 14.8. The Labute approximate surface area is 168 Å². The van der Waals surface area contributed by atoms with E-state index in [-0.39, 0.29) is 18.9 Å². The number of aromatic nitrogens is 2. The third-order valence-corrected chi connectivity index (χ3v) is 5.34. The summed E-state index contributed by atoms with van der Waals surface area (Å²) in [6.45, 7) is 2.34. The SMILES string of the molecule is O=C(CCn1c(=O)[nH]c(=O)c2ccccc21)Nc1ccc(N2CCCCC2)cc1. The summed E-state index contributed by atoms with van der Waals surface area (Å²) in [5, 5.41) is 3.31. The molecule has 29 heavy (non-hydrogen) atoms. The van der Waals surface area contributed by atoms with Gasteiger partial charge in [0.2, 0.25) is 5.91 Å². The fourth-order valence-corrected chi connectivity index (χ4v) is 3.81. The zero-order chi connectivity index (χ0) is 20.2. The zero-order valence-corrected chi connectivity index (χ0v) is 16.2. The van der Waals surface area contributed by atoms with E-state index in [4.69, 9.17) is 0 Å². The summed E-state index contributed by atoms with van der Waals surface area (Å²) in [5.41, 5.74) is 1.51. The minimum Gasteiger partial charge on any atom is -0.372 e. The molecule has 2 heterocycles. The Balaban J connectivity index is 1.41. The van der Waals surface area contributed by atoms with Gasteiger partial charge in [0.05, 0.1) is 10.9 Å². The van der Waals surface area contributed by atoms with Crippen LogP contribution in [0.25, 0.3) is 10.9 Å². The Kier molecular flexibility index (Phi) is 5.46. The number of para-hydroxylation sites is 1. The Morgan fingerprint density at radius 1 is 0.966 bits per heavy atom. The second-order valence-corrected chi connectivity index (χ2v) is 7.32. The highest BCUT2D eigenvalue weighted by molar-refractivity contribution is 5.91. The number of piperidine rings is 1. The highest BCUT2D eigenvalue weighted by Gasteiger charge is 2.12. The van der Waals surface area contributed by atoms with Crippen LogP contribution in [0.15, 0.2) is 58.1 Å². The first-order valence-corrected chi connectivity index (χ1v) is 9.98. The van der Waals surface area contributed by atoms with Crippen molar-refractivity contribution in [2.75, 3.05) is 23.3 Å². The van der Waals surface area contributed by atoms with Gasteiger partial charge in [-0.15, -0.1) is 0 Å². The number of amides is 1. The van der Waals surface area contributed by atoms with Gasteiger partial charge in [0, 0.05) is 37.4 Å². The standard InChI is InChI=1S/C22H24N4O3/c27-20(23-16-8-10-17(11-9-16)25-13-4-1-5-14-25)12-15-26-19-7-3-2-6-18(19)21(28)24-22(26)29/h2-3,6-11H,1,4-5,12-15H2,(H,23,27)(H,24,28,29). The quantitative estimate of drug-likeness (QED) is 0.699. The Hall–Kier alpha value is -3.35. The third-order valence-electron chi connectivity index (χ3n) is 5.34. The molecule has 0 atom stereocenters. The van der Waals surface area contributed by atoms with Crippen LogP contribution in [0.2, 0.25) is 0 Å². The van der Waals surface area contributed by atoms with E-state index in [2.05, 4.69) is 15.2 Å². The van der Waals surface area contributed by atoms with Gasteiger partial charge in [-0.25, -0.2) is 4.79 Å². The number of nitrogens with one attached hydrogen (secondary N) is 2. The van der Waals surface area contributed by atoms with Crippen molar-refractivity contribution in [1.29, 1.82) is 0 Å². The normalized spacial score (nSPS) is 14.1. The van der Waals surface area contributed by atoms with Gasteiger partial charge in [0.15, 0.2) is 0 Å². The van der Waals surface area contributed by atoms with Gasteiger partial charge in [-0.2, -0.15) is 0 Å². The average molecular weight is 392 g/mol. The summed E-state index contributed by atoms with van der Waals surface area (Å²) >= 11 is 0. The number of carbonyl (C=O) groups is 1. The lowest BCUT2D eigenvalue weighted by atomic mass is 10.1. The first kappa shape index (κ1) is 19.0. The molecule has 150 valence electrons. The number of hydrogen-bond donors (Lipinski definition) is 2. The van der Waals surface area contributed by atoms with Crippen LogP contribution in [0.1, 0.15) is 25.7 Å².